The Morgan fingerprint density at radius 3 is 2.93 bits per heavy atom. The van der Waals surface area contributed by atoms with E-state index in [-0.39, 0.29) is 12.1 Å². The number of aliphatic hydroxyl groups excluding tert-OH is 1. The van der Waals surface area contributed by atoms with E-state index in [0.717, 1.165) is 19.3 Å². The minimum atomic E-state index is -0.336. The molecule has 14 heavy (non-hydrogen) atoms. The highest BCUT2D eigenvalue weighted by molar-refractivity contribution is 5.81. The Kier molecular flexibility index (Phi) is 7.84. The maximum atomic E-state index is 10.6. The predicted octanol–water partition coefficient (Wildman–Crippen LogP) is 1.82. The summed E-state index contributed by atoms with van der Waals surface area (Å²) in [4.78, 5) is 10.6. The summed E-state index contributed by atoms with van der Waals surface area (Å²) in [6.45, 7) is 3.54. The lowest BCUT2D eigenvalue weighted by atomic mass is 10.1. The molecule has 0 amide bonds. The van der Waals surface area contributed by atoms with Gasteiger partial charge in [0.05, 0.1) is 13.2 Å². The van der Waals surface area contributed by atoms with E-state index in [9.17, 15) is 9.90 Å². The first-order valence-electron chi connectivity index (χ1n) is 4.74. The van der Waals surface area contributed by atoms with Gasteiger partial charge in [0.15, 0.2) is 0 Å². The molecule has 80 valence electrons. The molecule has 0 saturated carbocycles. The molecule has 0 heterocycles. The third-order valence-corrected chi connectivity index (χ3v) is 1.80. The average molecular weight is 198 g/mol. The van der Waals surface area contributed by atoms with E-state index in [1.165, 1.54) is 13.2 Å². The third-order valence-electron chi connectivity index (χ3n) is 1.80. The molecule has 0 unspecified atom stereocenters. The van der Waals surface area contributed by atoms with Crippen LogP contribution in [-0.4, -0.2) is 24.3 Å². The first kappa shape index (κ1) is 12.9. The standard InChI is InChI=1S/C11H18O3/c1-3-7-10(12)8-5-4-6-9-11(13)14-2/h3,6,9-10,12H,1,4-5,7-8H2,2H3/b9-6+/t10-/m0/s1. The molecular weight excluding hydrogens is 180 g/mol. The zero-order valence-corrected chi connectivity index (χ0v) is 8.61. The fourth-order valence-electron chi connectivity index (χ4n) is 1.03. The second kappa shape index (κ2) is 8.51. The number of aliphatic hydroxyl groups is 1. The third kappa shape index (κ3) is 7.55. The van der Waals surface area contributed by atoms with Crippen molar-refractivity contribution in [3.8, 4) is 0 Å². The van der Waals surface area contributed by atoms with Crippen LogP contribution in [0, 0.1) is 0 Å². The zero-order chi connectivity index (χ0) is 10.8. The van der Waals surface area contributed by atoms with Crippen molar-refractivity contribution in [1.82, 2.24) is 0 Å². The van der Waals surface area contributed by atoms with Crippen LogP contribution < -0.4 is 0 Å². The SMILES string of the molecule is C=CC[C@H](O)CCC/C=C/C(=O)OC. The van der Waals surface area contributed by atoms with Gasteiger partial charge in [0, 0.05) is 6.08 Å². The second-order valence-electron chi connectivity index (χ2n) is 3.03. The van der Waals surface area contributed by atoms with Crippen LogP contribution in [0.15, 0.2) is 24.8 Å². The highest BCUT2D eigenvalue weighted by atomic mass is 16.5. The van der Waals surface area contributed by atoms with Crippen molar-refractivity contribution in [3.05, 3.63) is 24.8 Å². The van der Waals surface area contributed by atoms with Crippen LogP contribution in [0.4, 0.5) is 0 Å². The van der Waals surface area contributed by atoms with E-state index in [2.05, 4.69) is 11.3 Å². The molecule has 0 rings (SSSR count). The molecule has 0 bridgehead atoms. The molecule has 0 aromatic heterocycles. The van der Waals surface area contributed by atoms with Crippen molar-refractivity contribution < 1.29 is 14.6 Å². The van der Waals surface area contributed by atoms with Gasteiger partial charge in [-0.25, -0.2) is 4.79 Å². The van der Waals surface area contributed by atoms with E-state index >= 15 is 0 Å². The van der Waals surface area contributed by atoms with Crippen molar-refractivity contribution in [2.24, 2.45) is 0 Å². The van der Waals surface area contributed by atoms with E-state index in [1.54, 1.807) is 12.2 Å². The first-order chi connectivity index (χ1) is 6.70. The number of ether oxygens (including phenoxy) is 1. The van der Waals surface area contributed by atoms with Crippen LogP contribution in [-0.2, 0) is 9.53 Å². The Balaban J connectivity index is 3.41. The van der Waals surface area contributed by atoms with E-state index in [1.807, 2.05) is 0 Å². The van der Waals surface area contributed by atoms with Gasteiger partial charge in [-0.2, -0.15) is 0 Å². The largest absolute Gasteiger partial charge is 0.466 e. The first-order valence-corrected chi connectivity index (χ1v) is 4.74. The Morgan fingerprint density at radius 1 is 1.64 bits per heavy atom. The van der Waals surface area contributed by atoms with Crippen LogP contribution in [0.3, 0.4) is 0 Å². The summed E-state index contributed by atoms with van der Waals surface area (Å²) >= 11 is 0. The number of hydrogen-bond acceptors (Lipinski definition) is 3. The van der Waals surface area contributed by atoms with Crippen LogP contribution in [0.5, 0.6) is 0 Å². The van der Waals surface area contributed by atoms with Crippen LogP contribution in [0.2, 0.25) is 0 Å². The molecule has 0 saturated heterocycles. The molecule has 0 aromatic carbocycles. The van der Waals surface area contributed by atoms with Gasteiger partial charge in [-0.1, -0.05) is 12.2 Å². The highest BCUT2D eigenvalue weighted by Gasteiger charge is 1.99. The van der Waals surface area contributed by atoms with Crippen LogP contribution in [0.25, 0.3) is 0 Å². The number of methoxy groups -OCH3 is 1. The topological polar surface area (TPSA) is 46.5 Å². The summed E-state index contributed by atoms with van der Waals surface area (Å²) in [6, 6.07) is 0. The quantitative estimate of drug-likeness (QED) is 0.294. The van der Waals surface area contributed by atoms with E-state index in [4.69, 9.17) is 0 Å². The fraction of sp³-hybridized carbons (Fsp3) is 0.545. The van der Waals surface area contributed by atoms with Gasteiger partial charge >= 0.3 is 5.97 Å². The summed E-state index contributed by atoms with van der Waals surface area (Å²) in [5.41, 5.74) is 0. The zero-order valence-electron chi connectivity index (χ0n) is 8.61. The number of rotatable bonds is 7. The molecule has 0 aliphatic rings. The maximum Gasteiger partial charge on any atom is 0.330 e. The molecule has 0 aliphatic carbocycles. The van der Waals surface area contributed by atoms with Gasteiger partial charge in [0.25, 0.3) is 0 Å². The van der Waals surface area contributed by atoms with Crippen molar-refractivity contribution in [2.75, 3.05) is 7.11 Å². The molecule has 0 aliphatic heterocycles. The molecule has 0 fully saturated rings. The molecular formula is C11H18O3. The second-order valence-corrected chi connectivity index (χ2v) is 3.03. The van der Waals surface area contributed by atoms with Crippen molar-refractivity contribution in [3.63, 3.8) is 0 Å². The van der Waals surface area contributed by atoms with Crippen molar-refractivity contribution in [2.45, 2.75) is 31.8 Å². The van der Waals surface area contributed by atoms with Crippen molar-refractivity contribution >= 4 is 5.97 Å². The van der Waals surface area contributed by atoms with Gasteiger partial charge in [-0.05, 0) is 25.7 Å². The highest BCUT2D eigenvalue weighted by Crippen LogP contribution is 2.05. The summed E-state index contributed by atoms with van der Waals surface area (Å²) in [5.74, 6) is -0.336. The Bertz CT molecular complexity index is 197. The summed E-state index contributed by atoms with van der Waals surface area (Å²) in [7, 11) is 1.35. The molecule has 0 aromatic rings. The Morgan fingerprint density at radius 2 is 2.36 bits per heavy atom. The van der Waals surface area contributed by atoms with Crippen LogP contribution in [0.1, 0.15) is 25.7 Å². The fourth-order valence-corrected chi connectivity index (χ4v) is 1.03. The Labute approximate surface area is 85.1 Å². The number of hydrogen-bond donors (Lipinski definition) is 1. The average Bonchev–Trinajstić information content (AvgIpc) is 2.17. The van der Waals surface area contributed by atoms with E-state index < -0.39 is 0 Å². The van der Waals surface area contributed by atoms with Gasteiger partial charge in [0.2, 0.25) is 0 Å². The summed E-state index contributed by atoms with van der Waals surface area (Å²) < 4.78 is 4.43. The van der Waals surface area contributed by atoms with Gasteiger partial charge in [-0.15, -0.1) is 6.58 Å². The molecule has 1 atom stereocenters. The lowest BCUT2D eigenvalue weighted by molar-refractivity contribution is -0.134. The molecule has 3 nitrogen and oxygen atoms in total. The predicted molar refractivity (Wildman–Crippen MR) is 55.8 cm³/mol. The minimum Gasteiger partial charge on any atom is -0.466 e. The lowest BCUT2D eigenvalue weighted by Crippen LogP contribution is -2.03. The summed E-state index contributed by atoms with van der Waals surface area (Å²) in [5, 5.41) is 9.32. The number of carbonyl (C=O) groups excluding carboxylic acids is 1. The summed E-state index contributed by atoms with van der Waals surface area (Å²) in [6.07, 6.45) is 7.56. The van der Waals surface area contributed by atoms with Crippen molar-refractivity contribution in [1.29, 1.82) is 0 Å². The van der Waals surface area contributed by atoms with Gasteiger partial charge < -0.3 is 9.84 Å². The smallest absolute Gasteiger partial charge is 0.330 e. The monoisotopic (exact) mass is 198 g/mol. The van der Waals surface area contributed by atoms with Crippen LogP contribution >= 0.6 is 0 Å². The van der Waals surface area contributed by atoms with Gasteiger partial charge in [-0.3, -0.25) is 0 Å². The minimum absolute atomic E-state index is 0.306. The normalized spacial score (nSPS) is 12.7. The Hall–Kier alpha value is -1.09. The molecule has 1 N–H and O–H groups in total. The number of esters is 1. The maximum absolute atomic E-state index is 10.6. The molecule has 0 spiro atoms. The molecule has 0 radical (unpaired) electrons. The number of unbranched alkanes of at least 4 members (excludes halogenated alkanes) is 1. The van der Waals surface area contributed by atoms with E-state index in [0.29, 0.717) is 6.42 Å². The number of allylic oxidation sites excluding steroid dienone is 1. The lowest BCUT2D eigenvalue weighted by Gasteiger charge is -2.05. The number of carbonyl (C=O) groups is 1. The van der Waals surface area contributed by atoms with Gasteiger partial charge in [0.1, 0.15) is 0 Å². The molecule has 3 heteroatoms.